The Morgan fingerprint density at radius 3 is 2.89 bits per heavy atom. The monoisotopic (exact) mass is 328 g/mol. The highest BCUT2D eigenvalue weighted by Gasteiger charge is 2.18. The third kappa shape index (κ3) is 2.90. The number of anilines is 2. The number of rotatable bonds is 4. The molecule has 0 aliphatic heterocycles. The molecule has 0 aliphatic rings. The lowest BCUT2D eigenvalue weighted by atomic mass is 10.2. The SMILES string of the molecule is CCn1cc(Nc2cc(F)c(Br)cc2[N+](=O)[O-])cn1. The molecule has 0 spiro atoms. The summed E-state index contributed by atoms with van der Waals surface area (Å²) in [5, 5.41) is 17.8. The number of nitrogens with zero attached hydrogens (tertiary/aromatic N) is 3. The molecule has 0 saturated carbocycles. The maximum atomic E-state index is 13.5. The van der Waals surface area contributed by atoms with Crippen LogP contribution in [0.5, 0.6) is 0 Å². The van der Waals surface area contributed by atoms with Gasteiger partial charge in [0.1, 0.15) is 11.5 Å². The Morgan fingerprint density at radius 1 is 1.58 bits per heavy atom. The van der Waals surface area contributed by atoms with Crippen molar-refractivity contribution in [1.82, 2.24) is 9.78 Å². The van der Waals surface area contributed by atoms with E-state index in [2.05, 4.69) is 26.3 Å². The van der Waals surface area contributed by atoms with E-state index in [1.807, 2.05) is 6.92 Å². The van der Waals surface area contributed by atoms with Crippen LogP contribution in [-0.4, -0.2) is 14.7 Å². The summed E-state index contributed by atoms with van der Waals surface area (Å²) < 4.78 is 15.2. The van der Waals surface area contributed by atoms with Gasteiger partial charge in [0.15, 0.2) is 0 Å². The quantitative estimate of drug-likeness (QED) is 0.689. The molecular formula is C11H10BrFN4O2. The Bertz CT molecular complexity index is 629. The van der Waals surface area contributed by atoms with Crippen molar-refractivity contribution in [3.8, 4) is 0 Å². The van der Waals surface area contributed by atoms with E-state index in [1.165, 1.54) is 6.20 Å². The van der Waals surface area contributed by atoms with Crippen molar-refractivity contribution in [3.05, 3.63) is 44.9 Å². The summed E-state index contributed by atoms with van der Waals surface area (Å²) in [6.45, 7) is 2.59. The van der Waals surface area contributed by atoms with Crippen LogP contribution in [0, 0.1) is 15.9 Å². The van der Waals surface area contributed by atoms with Crippen LogP contribution in [-0.2, 0) is 6.54 Å². The zero-order valence-corrected chi connectivity index (χ0v) is 11.5. The van der Waals surface area contributed by atoms with E-state index >= 15 is 0 Å². The third-order valence-electron chi connectivity index (χ3n) is 2.47. The van der Waals surface area contributed by atoms with Gasteiger partial charge in [-0.15, -0.1) is 0 Å². The van der Waals surface area contributed by atoms with Crippen molar-refractivity contribution in [1.29, 1.82) is 0 Å². The first-order valence-corrected chi connectivity index (χ1v) is 6.23. The summed E-state index contributed by atoms with van der Waals surface area (Å²) in [6.07, 6.45) is 3.21. The molecule has 0 fully saturated rings. The molecule has 0 saturated heterocycles. The lowest BCUT2D eigenvalue weighted by molar-refractivity contribution is -0.384. The Hall–Kier alpha value is -1.96. The van der Waals surface area contributed by atoms with Crippen molar-refractivity contribution in [2.75, 3.05) is 5.32 Å². The molecule has 100 valence electrons. The number of halogens is 2. The number of benzene rings is 1. The molecular weight excluding hydrogens is 319 g/mol. The lowest BCUT2D eigenvalue weighted by Crippen LogP contribution is -1.98. The molecule has 6 nitrogen and oxygen atoms in total. The fourth-order valence-corrected chi connectivity index (χ4v) is 1.88. The van der Waals surface area contributed by atoms with Crippen molar-refractivity contribution in [3.63, 3.8) is 0 Å². The molecule has 0 bridgehead atoms. The first-order chi connectivity index (χ1) is 9.01. The minimum absolute atomic E-state index is 0.0500. The van der Waals surface area contributed by atoms with E-state index < -0.39 is 10.7 Å². The van der Waals surface area contributed by atoms with Gasteiger partial charge in [-0.05, 0) is 22.9 Å². The van der Waals surface area contributed by atoms with Gasteiger partial charge in [-0.1, -0.05) is 0 Å². The molecule has 0 aliphatic carbocycles. The molecule has 19 heavy (non-hydrogen) atoms. The fraction of sp³-hybridized carbons (Fsp3) is 0.182. The van der Waals surface area contributed by atoms with Crippen LogP contribution >= 0.6 is 15.9 Å². The number of nitro groups is 1. The second kappa shape index (κ2) is 5.35. The molecule has 0 amide bonds. The molecule has 1 N–H and O–H groups in total. The summed E-state index contributed by atoms with van der Waals surface area (Å²) in [4.78, 5) is 10.4. The van der Waals surface area contributed by atoms with Crippen LogP contribution < -0.4 is 5.32 Å². The predicted molar refractivity (Wildman–Crippen MR) is 71.9 cm³/mol. The van der Waals surface area contributed by atoms with E-state index in [4.69, 9.17) is 0 Å². The first kappa shape index (κ1) is 13.5. The summed E-state index contributed by atoms with van der Waals surface area (Å²) >= 11 is 2.93. The van der Waals surface area contributed by atoms with Crippen molar-refractivity contribution in [2.45, 2.75) is 13.5 Å². The van der Waals surface area contributed by atoms with Crippen LogP contribution in [0.1, 0.15) is 6.92 Å². The number of aryl methyl sites for hydroxylation is 1. The molecule has 0 unspecified atom stereocenters. The minimum atomic E-state index is -0.573. The van der Waals surface area contributed by atoms with E-state index in [-0.39, 0.29) is 15.8 Å². The molecule has 2 rings (SSSR count). The van der Waals surface area contributed by atoms with E-state index in [9.17, 15) is 14.5 Å². The second-order valence-electron chi connectivity index (χ2n) is 3.75. The molecule has 0 radical (unpaired) electrons. The van der Waals surface area contributed by atoms with Crippen LogP contribution in [0.3, 0.4) is 0 Å². The zero-order chi connectivity index (χ0) is 14.0. The maximum Gasteiger partial charge on any atom is 0.294 e. The number of nitrogens with one attached hydrogen (secondary N) is 1. The van der Waals surface area contributed by atoms with Gasteiger partial charge in [0.05, 0.1) is 21.3 Å². The fourth-order valence-electron chi connectivity index (χ4n) is 1.54. The Labute approximate surface area is 116 Å². The van der Waals surface area contributed by atoms with Crippen molar-refractivity contribution >= 4 is 33.0 Å². The second-order valence-corrected chi connectivity index (χ2v) is 4.60. The van der Waals surface area contributed by atoms with E-state index in [0.717, 1.165) is 12.1 Å². The normalized spacial score (nSPS) is 10.5. The average Bonchev–Trinajstić information content (AvgIpc) is 2.81. The Morgan fingerprint density at radius 2 is 2.32 bits per heavy atom. The number of hydrogen-bond acceptors (Lipinski definition) is 4. The van der Waals surface area contributed by atoms with E-state index in [1.54, 1.807) is 10.9 Å². The highest BCUT2D eigenvalue weighted by atomic mass is 79.9. The minimum Gasteiger partial charge on any atom is -0.347 e. The predicted octanol–water partition coefficient (Wildman–Crippen LogP) is 3.46. The van der Waals surface area contributed by atoms with Crippen LogP contribution in [0.4, 0.5) is 21.5 Å². The molecule has 8 heteroatoms. The molecule has 0 atom stereocenters. The highest BCUT2D eigenvalue weighted by Crippen LogP contribution is 2.32. The molecule has 1 aromatic heterocycles. The summed E-state index contributed by atoms with van der Waals surface area (Å²) in [6, 6.07) is 2.20. The Balaban J connectivity index is 2.38. The number of nitro benzene ring substituents is 1. The van der Waals surface area contributed by atoms with Crippen LogP contribution in [0.15, 0.2) is 29.0 Å². The lowest BCUT2D eigenvalue weighted by Gasteiger charge is -2.05. The number of hydrogen-bond donors (Lipinski definition) is 1. The van der Waals surface area contributed by atoms with E-state index in [0.29, 0.717) is 12.2 Å². The molecule has 2 aromatic rings. The topological polar surface area (TPSA) is 73.0 Å². The number of aromatic nitrogens is 2. The first-order valence-electron chi connectivity index (χ1n) is 5.44. The van der Waals surface area contributed by atoms with Gasteiger partial charge in [-0.25, -0.2) is 4.39 Å². The van der Waals surface area contributed by atoms with Crippen LogP contribution in [0.25, 0.3) is 0 Å². The van der Waals surface area contributed by atoms with Gasteiger partial charge in [0.25, 0.3) is 5.69 Å². The van der Waals surface area contributed by atoms with Crippen molar-refractivity contribution < 1.29 is 9.31 Å². The maximum absolute atomic E-state index is 13.5. The van der Waals surface area contributed by atoms with Crippen LogP contribution in [0.2, 0.25) is 0 Å². The third-order valence-corrected chi connectivity index (χ3v) is 3.08. The average molecular weight is 329 g/mol. The molecule has 1 heterocycles. The van der Waals surface area contributed by atoms with Gasteiger partial charge in [-0.3, -0.25) is 14.8 Å². The van der Waals surface area contributed by atoms with Gasteiger partial charge in [0, 0.05) is 24.9 Å². The van der Waals surface area contributed by atoms with Crippen molar-refractivity contribution in [2.24, 2.45) is 0 Å². The van der Waals surface area contributed by atoms with Gasteiger partial charge < -0.3 is 5.32 Å². The standard InChI is InChI=1S/C11H10BrFN4O2/c1-2-16-6-7(5-14-16)15-10-4-9(13)8(12)3-11(10)17(18)19/h3-6,15H,2H2,1H3. The smallest absolute Gasteiger partial charge is 0.294 e. The largest absolute Gasteiger partial charge is 0.347 e. The molecule has 1 aromatic carbocycles. The highest BCUT2D eigenvalue weighted by molar-refractivity contribution is 9.10. The summed E-state index contributed by atoms with van der Waals surface area (Å²) in [5.74, 6) is -0.573. The zero-order valence-electron chi connectivity index (χ0n) is 9.93. The van der Waals surface area contributed by atoms with Gasteiger partial charge >= 0.3 is 0 Å². The van der Waals surface area contributed by atoms with Gasteiger partial charge in [-0.2, -0.15) is 5.10 Å². The summed E-state index contributed by atoms with van der Waals surface area (Å²) in [5.41, 5.74) is 0.436. The Kier molecular flexibility index (Phi) is 3.79. The van der Waals surface area contributed by atoms with Gasteiger partial charge in [0.2, 0.25) is 0 Å². The summed E-state index contributed by atoms with van der Waals surface area (Å²) in [7, 11) is 0.